The van der Waals surface area contributed by atoms with E-state index in [1.807, 2.05) is 6.07 Å². The second kappa shape index (κ2) is 5.19. The fraction of sp³-hybridized carbons (Fsp3) is 0.538. The van der Waals surface area contributed by atoms with Gasteiger partial charge in [-0.3, -0.25) is 0 Å². The summed E-state index contributed by atoms with van der Waals surface area (Å²) in [5.74, 6) is 1.51. The molecule has 1 aliphatic heterocycles. The number of alkyl halides is 1. The summed E-state index contributed by atoms with van der Waals surface area (Å²) in [5.41, 5.74) is 2.62. The summed E-state index contributed by atoms with van der Waals surface area (Å²) in [4.78, 5) is 0.390. The number of hydrogen-bond acceptors (Lipinski definition) is 2. The van der Waals surface area contributed by atoms with Gasteiger partial charge in [-0.1, -0.05) is 22.0 Å². The van der Waals surface area contributed by atoms with Crippen molar-refractivity contribution < 1.29 is 9.47 Å². The van der Waals surface area contributed by atoms with Crippen LogP contribution in [-0.4, -0.2) is 20.3 Å². The van der Waals surface area contributed by atoms with Gasteiger partial charge < -0.3 is 9.47 Å². The molecule has 1 aliphatic rings. The van der Waals surface area contributed by atoms with Crippen molar-refractivity contribution in [1.82, 2.24) is 0 Å². The zero-order chi connectivity index (χ0) is 11.5. The summed E-state index contributed by atoms with van der Waals surface area (Å²) in [5, 5.41) is 0. The molecule has 0 spiro atoms. The number of methoxy groups -OCH3 is 1. The van der Waals surface area contributed by atoms with E-state index in [-0.39, 0.29) is 0 Å². The number of hydrogen-bond donors (Lipinski definition) is 0. The van der Waals surface area contributed by atoms with E-state index in [4.69, 9.17) is 9.47 Å². The van der Waals surface area contributed by atoms with Crippen LogP contribution >= 0.6 is 15.9 Å². The zero-order valence-corrected chi connectivity index (χ0v) is 11.3. The lowest BCUT2D eigenvalue weighted by Crippen LogP contribution is -2.08. The molecule has 2 unspecified atom stereocenters. The highest BCUT2D eigenvalue weighted by Crippen LogP contribution is 2.38. The third-order valence-electron chi connectivity index (χ3n) is 3.15. The molecule has 0 aromatic heterocycles. The Hall–Kier alpha value is -0.540. The van der Waals surface area contributed by atoms with E-state index >= 15 is 0 Å². The van der Waals surface area contributed by atoms with Gasteiger partial charge in [0.05, 0.1) is 13.7 Å². The maximum absolute atomic E-state index is 5.43. The van der Waals surface area contributed by atoms with Crippen LogP contribution in [0.15, 0.2) is 18.2 Å². The average molecular weight is 285 g/mol. The maximum Gasteiger partial charge on any atom is 0.119 e. The smallest absolute Gasteiger partial charge is 0.119 e. The first kappa shape index (κ1) is 11.9. The van der Waals surface area contributed by atoms with Crippen LogP contribution in [0.5, 0.6) is 5.75 Å². The molecule has 0 bridgehead atoms. The topological polar surface area (TPSA) is 18.5 Å². The molecule has 0 aliphatic carbocycles. The molecule has 1 aromatic rings. The molecule has 3 heteroatoms. The summed E-state index contributed by atoms with van der Waals surface area (Å²) in [6, 6.07) is 6.25. The third-order valence-corrected chi connectivity index (χ3v) is 4.39. The monoisotopic (exact) mass is 284 g/mol. The van der Waals surface area contributed by atoms with Crippen molar-refractivity contribution in [2.75, 3.05) is 20.3 Å². The van der Waals surface area contributed by atoms with Gasteiger partial charge in [0.2, 0.25) is 0 Å². The highest BCUT2D eigenvalue weighted by molar-refractivity contribution is 9.09. The maximum atomic E-state index is 5.43. The molecule has 1 aromatic carbocycles. The average Bonchev–Trinajstić information content (AvgIpc) is 2.81. The van der Waals surface area contributed by atoms with Gasteiger partial charge in [0.1, 0.15) is 5.75 Å². The Kier molecular flexibility index (Phi) is 3.87. The molecular formula is C13H17BrO2. The zero-order valence-electron chi connectivity index (χ0n) is 9.70. The first-order valence-corrected chi connectivity index (χ1v) is 6.50. The minimum atomic E-state index is 0.390. The van der Waals surface area contributed by atoms with E-state index < -0.39 is 0 Å². The van der Waals surface area contributed by atoms with Crippen LogP contribution in [-0.2, 0) is 4.74 Å². The summed E-state index contributed by atoms with van der Waals surface area (Å²) in [7, 11) is 1.70. The van der Waals surface area contributed by atoms with E-state index in [1.54, 1.807) is 7.11 Å². The first-order valence-electron chi connectivity index (χ1n) is 5.58. The van der Waals surface area contributed by atoms with Crippen LogP contribution in [0.3, 0.4) is 0 Å². The van der Waals surface area contributed by atoms with Crippen LogP contribution in [0.1, 0.15) is 22.4 Å². The van der Waals surface area contributed by atoms with Gasteiger partial charge in [-0.2, -0.15) is 0 Å². The Bertz CT molecular complexity index is 359. The molecule has 88 valence electrons. The Balaban J connectivity index is 2.19. The van der Waals surface area contributed by atoms with Gasteiger partial charge in [0.15, 0.2) is 0 Å². The third kappa shape index (κ3) is 2.41. The van der Waals surface area contributed by atoms with Gasteiger partial charge in [-0.25, -0.2) is 0 Å². The first-order chi connectivity index (χ1) is 7.72. The second-order valence-corrected chi connectivity index (χ2v) is 5.23. The lowest BCUT2D eigenvalue weighted by atomic mass is 9.95. The Morgan fingerprint density at radius 3 is 2.88 bits per heavy atom. The molecule has 1 fully saturated rings. The molecular weight excluding hydrogens is 268 g/mol. The Labute approximate surface area is 105 Å². The van der Waals surface area contributed by atoms with Crippen molar-refractivity contribution in [3.63, 3.8) is 0 Å². The van der Waals surface area contributed by atoms with Crippen molar-refractivity contribution in [2.24, 2.45) is 5.92 Å². The van der Waals surface area contributed by atoms with Crippen LogP contribution < -0.4 is 4.74 Å². The molecule has 16 heavy (non-hydrogen) atoms. The SMILES string of the molecule is COc1ccc(C(Br)C2CCOC2)c(C)c1. The standard InChI is InChI=1S/C13H17BrO2/c1-9-7-11(15-2)3-4-12(9)13(14)10-5-6-16-8-10/h3-4,7,10,13H,5-6,8H2,1-2H3. The molecule has 0 radical (unpaired) electrons. The van der Waals surface area contributed by atoms with Crippen LogP contribution in [0.25, 0.3) is 0 Å². The molecule has 2 nitrogen and oxygen atoms in total. The summed E-state index contributed by atoms with van der Waals surface area (Å²) in [6.45, 7) is 3.88. The number of rotatable bonds is 3. The van der Waals surface area contributed by atoms with Gasteiger partial charge in [-0.15, -0.1) is 0 Å². The van der Waals surface area contributed by atoms with Crippen LogP contribution in [0.2, 0.25) is 0 Å². The largest absolute Gasteiger partial charge is 0.497 e. The minimum absolute atomic E-state index is 0.390. The van der Waals surface area contributed by atoms with E-state index in [0.29, 0.717) is 10.7 Å². The fourth-order valence-electron chi connectivity index (χ4n) is 2.12. The van der Waals surface area contributed by atoms with E-state index in [9.17, 15) is 0 Å². The van der Waals surface area contributed by atoms with Gasteiger partial charge in [0, 0.05) is 17.4 Å². The van der Waals surface area contributed by atoms with E-state index in [2.05, 4.69) is 35.0 Å². The van der Waals surface area contributed by atoms with Gasteiger partial charge in [0.25, 0.3) is 0 Å². The summed E-state index contributed by atoms with van der Waals surface area (Å²) < 4.78 is 10.6. The lowest BCUT2D eigenvalue weighted by Gasteiger charge is -2.18. The number of halogens is 1. The molecule has 2 rings (SSSR count). The fourth-order valence-corrected chi connectivity index (χ4v) is 3.05. The van der Waals surface area contributed by atoms with Crippen molar-refractivity contribution in [3.05, 3.63) is 29.3 Å². The van der Waals surface area contributed by atoms with Crippen molar-refractivity contribution in [3.8, 4) is 5.75 Å². The van der Waals surface area contributed by atoms with Crippen LogP contribution in [0, 0.1) is 12.8 Å². The van der Waals surface area contributed by atoms with Crippen molar-refractivity contribution in [1.29, 1.82) is 0 Å². The quantitative estimate of drug-likeness (QED) is 0.792. The molecule has 1 heterocycles. The Morgan fingerprint density at radius 1 is 1.50 bits per heavy atom. The van der Waals surface area contributed by atoms with Gasteiger partial charge in [-0.05, 0) is 36.6 Å². The number of benzene rings is 1. The Morgan fingerprint density at radius 2 is 2.31 bits per heavy atom. The minimum Gasteiger partial charge on any atom is -0.497 e. The van der Waals surface area contributed by atoms with Crippen molar-refractivity contribution >= 4 is 15.9 Å². The highest BCUT2D eigenvalue weighted by Gasteiger charge is 2.25. The van der Waals surface area contributed by atoms with Gasteiger partial charge >= 0.3 is 0 Å². The molecule has 0 amide bonds. The predicted molar refractivity (Wildman–Crippen MR) is 68.3 cm³/mol. The molecule has 1 saturated heterocycles. The number of ether oxygens (including phenoxy) is 2. The van der Waals surface area contributed by atoms with Crippen LogP contribution in [0.4, 0.5) is 0 Å². The predicted octanol–water partition coefficient (Wildman–Crippen LogP) is 3.48. The molecule has 2 atom stereocenters. The normalized spacial score (nSPS) is 22.1. The second-order valence-electron chi connectivity index (χ2n) is 4.25. The van der Waals surface area contributed by atoms with E-state index in [1.165, 1.54) is 11.1 Å². The lowest BCUT2D eigenvalue weighted by molar-refractivity contribution is 0.185. The summed E-state index contributed by atoms with van der Waals surface area (Å²) >= 11 is 3.79. The summed E-state index contributed by atoms with van der Waals surface area (Å²) in [6.07, 6.45) is 1.14. The highest BCUT2D eigenvalue weighted by atomic mass is 79.9. The van der Waals surface area contributed by atoms with Crippen molar-refractivity contribution in [2.45, 2.75) is 18.2 Å². The van der Waals surface area contributed by atoms with E-state index in [0.717, 1.165) is 25.4 Å². The molecule has 0 N–H and O–H groups in total. The number of aryl methyl sites for hydroxylation is 1. The molecule has 0 saturated carbocycles.